The summed E-state index contributed by atoms with van der Waals surface area (Å²) < 4.78 is 43.7. The molecule has 2 aromatic carbocycles. The molecule has 0 saturated carbocycles. The number of carbonyl (C=O) groups excluding carboxylic acids is 1. The van der Waals surface area contributed by atoms with Crippen LogP contribution >= 0.6 is 11.6 Å². The van der Waals surface area contributed by atoms with Crippen LogP contribution in [0.25, 0.3) is 11.0 Å². The van der Waals surface area contributed by atoms with Crippen LogP contribution in [0.15, 0.2) is 45.7 Å². The van der Waals surface area contributed by atoms with Gasteiger partial charge in [0, 0.05) is 48.2 Å². The van der Waals surface area contributed by atoms with Crippen LogP contribution < -0.4 is 9.47 Å². The molecule has 8 nitrogen and oxygen atoms in total. The fourth-order valence-electron chi connectivity index (χ4n) is 3.80. The quantitative estimate of drug-likeness (QED) is 0.557. The smallest absolute Gasteiger partial charge is 0.289 e. The first-order chi connectivity index (χ1) is 15.3. The number of sulfonamides is 1. The Hall–Kier alpha value is -2.75. The zero-order valence-electron chi connectivity index (χ0n) is 17.9. The van der Waals surface area contributed by atoms with Crippen LogP contribution in [0, 0.1) is 6.92 Å². The summed E-state index contributed by atoms with van der Waals surface area (Å²) in [4.78, 5) is 14.8. The van der Waals surface area contributed by atoms with Gasteiger partial charge in [0.1, 0.15) is 5.58 Å². The summed E-state index contributed by atoms with van der Waals surface area (Å²) >= 11 is 6.06. The van der Waals surface area contributed by atoms with Crippen molar-refractivity contribution in [3.05, 3.63) is 52.7 Å². The summed E-state index contributed by atoms with van der Waals surface area (Å²) in [6.07, 6.45) is 0. The van der Waals surface area contributed by atoms with E-state index in [2.05, 4.69) is 0 Å². The zero-order chi connectivity index (χ0) is 23.0. The third kappa shape index (κ3) is 3.92. The van der Waals surface area contributed by atoms with Crippen molar-refractivity contribution in [1.29, 1.82) is 0 Å². The SMILES string of the molecule is COc1ccc(S(=O)(=O)N2CCN(C(=O)c3oc4ccc(Cl)cc4c3C)CC2)cc1OC. The van der Waals surface area contributed by atoms with E-state index in [0.717, 1.165) is 5.39 Å². The second kappa shape index (κ2) is 8.65. The fourth-order valence-corrected chi connectivity index (χ4v) is 5.41. The molecule has 170 valence electrons. The van der Waals surface area contributed by atoms with Crippen molar-refractivity contribution in [2.45, 2.75) is 11.8 Å². The number of amides is 1. The predicted molar refractivity (Wildman–Crippen MR) is 120 cm³/mol. The Kier molecular flexibility index (Phi) is 6.07. The monoisotopic (exact) mass is 478 g/mol. The second-order valence-corrected chi connectivity index (χ2v) is 9.78. The highest BCUT2D eigenvalue weighted by Crippen LogP contribution is 2.32. The Bertz CT molecular complexity index is 1280. The highest BCUT2D eigenvalue weighted by Gasteiger charge is 2.32. The zero-order valence-corrected chi connectivity index (χ0v) is 19.5. The van der Waals surface area contributed by atoms with Gasteiger partial charge in [0.05, 0.1) is 19.1 Å². The molecular weight excluding hydrogens is 456 g/mol. The molecule has 0 unspecified atom stereocenters. The molecular formula is C22H23ClN2O6S. The minimum absolute atomic E-state index is 0.111. The second-order valence-electron chi connectivity index (χ2n) is 7.41. The molecule has 0 N–H and O–H groups in total. The molecule has 1 amide bonds. The number of ether oxygens (including phenoxy) is 2. The largest absolute Gasteiger partial charge is 0.493 e. The third-order valence-electron chi connectivity index (χ3n) is 5.61. The van der Waals surface area contributed by atoms with Gasteiger partial charge in [-0.15, -0.1) is 0 Å². The van der Waals surface area contributed by atoms with Gasteiger partial charge in [-0.25, -0.2) is 8.42 Å². The minimum Gasteiger partial charge on any atom is -0.493 e. The predicted octanol–water partition coefficient (Wildman–Crippen LogP) is 3.56. The van der Waals surface area contributed by atoms with E-state index in [1.807, 2.05) is 6.92 Å². The minimum atomic E-state index is -3.75. The first kappa shape index (κ1) is 22.4. The number of hydrogen-bond donors (Lipinski definition) is 0. The lowest BCUT2D eigenvalue weighted by molar-refractivity contribution is 0.0667. The highest BCUT2D eigenvalue weighted by molar-refractivity contribution is 7.89. The van der Waals surface area contributed by atoms with Gasteiger partial charge in [0.2, 0.25) is 10.0 Å². The Morgan fingerprint density at radius 2 is 1.69 bits per heavy atom. The Labute approximate surface area is 191 Å². The van der Waals surface area contributed by atoms with Crippen molar-refractivity contribution >= 4 is 38.5 Å². The molecule has 1 fully saturated rings. The van der Waals surface area contributed by atoms with Crippen molar-refractivity contribution in [3.8, 4) is 11.5 Å². The van der Waals surface area contributed by atoms with E-state index >= 15 is 0 Å². The first-order valence-corrected chi connectivity index (χ1v) is 11.8. The number of rotatable bonds is 5. The lowest BCUT2D eigenvalue weighted by Crippen LogP contribution is -2.50. The maximum absolute atomic E-state index is 13.1. The number of nitrogens with zero attached hydrogens (tertiary/aromatic N) is 2. The van der Waals surface area contributed by atoms with Gasteiger partial charge in [0.15, 0.2) is 17.3 Å². The molecule has 1 aromatic heterocycles. The molecule has 1 aliphatic rings. The van der Waals surface area contributed by atoms with Gasteiger partial charge in [-0.05, 0) is 37.3 Å². The molecule has 0 radical (unpaired) electrons. The third-order valence-corrected chi connectivity index (χ3v) is 7.74. The molecule has 10 heteroatoms. The number of methoxy groups -OCH3 is 2. The summed E-state index contributed by atoms with van der Waals surface area (Å²) in [7, 11) is -0.807. The summed E-state index contributed by atoms with van der Waals surface area (Å²) in [5.74, 6) is 0.767. The molecule has 3 aromatic rings. The van der Waals surface area contributed by atoms with Crippen molar-refractivity contribution in [2.75, 3.05) is 40.4 Å². The van der Waals surface area contributed by atoms with Gasteiger partial charge in [0.25, 0.3) is 5.91 Å². The van der Waals surface area contributed by atoms with Gasteiger partial charge >= 0.3 is 0 Å². The normalized spacial score (nSPS) is 15.2. The van der Waals surface area contributed by atoms with Crippen molar-refractivity contribution in [3.63, 3.8) is 0 Å². The topological polar surface area (TPSA) is 89.3 Å². The average Bonchev–Trinajstić information content (AvgIpc) is 3.13. The van der Waals surface area contributed by atoms with Crippen LogP contribution in [0.2, 0.25) is 5.02 Å². The summed E-state index contributed by atoms with van der Waals surface area (Å²) in [5, 5.41) is 1.35. The summed E-state index contributed by atoms with van der Waals surface area (Å²) in [6.45, 7) is 2.67. The molecule has 2 heterocycles. The maximum Gasteiger partial charge on any atom is 0.289 e. The van der Waals surface area contributed by atoms with E-state index in [9.17, 15) is 13.2 Å². The molecule has 0 aliphatic carbocycles. The van der Waals surface area contributed by atoms with E-state index in [-0.39, 0.29) is 42.7 Å². The lowest BCUT2D eigenvalue weighted by atomic mass is 10.1. The average molecular weight is 479 g/mol. The van der Waals surface area contributed by atoms with E-state index in [1.165, 1.54) is 30.7 Å². The van der Waals surface area contributed by atoms with Gasteiger partial charge < -0.3 is 18.8 Å². The molecule has 32 heavy (non-hydrogen) atoms. The molecule has 1 saturated heterocycles. The van der Waals surface area contributed by atoms with Crippen molar-refractivity contribution in [2.24, 2.45) is 0 Å². The Morgan fingerprint density at radius 1 is 1.00 bits per heavy atom. The number of aryl methyl sites for hydroxylation is 1. The van der Waals surface area contributed by atoms with Crippen molar-refractivity contribution in [1.82, 2.24) is 9.21 Å². The number of furan rings is 1. The van der Waals surface area contributed by atoms with Crippen LogP contribution in [0.3, 0.4) is 0 Å². The van der Waals surface area contributed by atoms with E-state index in [4.69, 9.17) is 25.5 Å². The van der Waals surface area contributed by atoms with E-state index < -0.39 is 10.0 Å². The lowest BCUT2D eigenvalue weighted by Gasteiger charge is -2.33. The Morgan fingerprint density at radius 3 is 2.34 bits per heavy atom. The van der Waals surface area contributed by atoms with E-state index in [1.54, 1.807) is 29.2 Å². The number of piperazine rings is 1. The number of carbonyl (C=O) groups is 1. The number of fused-ring (bicyclic) bond motifs is 1. The van der Waals surface area contributed by atoms with Crippen LogP contribution in [-0.2, 0) is 10.0 Å². The molecule has 0 spiro atoms. The molecule has 4 rings (SSSR count). The fraction of sp³-hybridized carbons (Fsp3) is 0.318. The van der Waals surface area contributed by atoms with Gasteiger partial charge in [-0.2, -0.15) is 4.31 Å². The summed E-state index contributed by atoms with van der Waals surface area (Å²) in [5.41, 5.74) is 1.30. The number of halogens is 1. The first-order valence-electron chi connectivity index (χ1n) is 9.96. The summed E-state index contributed by atoms with van der Waals surface area (Å²) in [6, 6.07) is 9.68. The molecule has 1 aliphatic heterocycles. The highest BCUT2D eigenvalue weighted by atomic mass is 35.5. The van der Waals surface area contributed by atoms with Crippen molar-refractivity contribution < 1.29 is 27.1 Å². The Balaban J connectivity index is 1.50. The molecule has 0 bridgehead atoms. The van der Waals surface area contributed by atoms with Crippen LogP contribution in [-0.4, -0.2) is 63.9 Å². The number of benzene rings is 2. The van der Waals surface area contributed by atoms with Crippen LogP contribution in [0.1, 0.15) is 16.1 Å². The standard InChI is InChI=1S/C22H23ClN2O6S/c1-14-17-12-15(23)4-6-18(17)31-21(14)22(26)24-8-10-25(11-9-24)32(27,28)16-5-7-19(29-2)20(13-16)30-3/h4-7,12-13H,8-11H2,1-3H3. The van der Waals surface area contributed by atoms with E-state index in [0.29, 0.717) is 27.7 Å². The maximum atomic E-state index is 13.1. The van der Waals surface area contributed by atoms with Gasteiger partial charge in [-0.3, -0.25) is 4.79 Å². The van der Waals surface area contributed by atoms with Crippen LogP contribution in [0.5, 0.6) is 11.5 Å². The number of hydrogen-bond acceptors (Lipinski definition) is 6. The van der Waals surface area contributed by atoms with Gasteiger partial charge in [-0.1, -0.05) is 11.6 Å². The molecule has 0 atom stereocenters. The van der Waals surface area contributed by atoms with Crippen LogP contribution in [0.4, 0.5) is 0 Å².